The van der Waals surface area contributed by atoms with Crippen LogP contribution in [-0.4, -0.2) is 21.2 Å². The number of aromatic amines is 1. The number of aromatic nitrogens is 3. The van der Waals surface area contributed by atoms with Crippen molar-refractivity contribution in [2.75, 3.05) is 6.26 Å². The third-order valence-corrected chi connectivity index (χ3v) is 3.51. The van der Waals surface area contributed by atoms with Crippen LogP contribution >= 0.6 is 23.4 Å². The lowest BCUT2D eigenvalue weighted by atomic mass is 9.91. The van der Waals surface area contributed by atoms with Gasteiger partial charge in [-0.2, -0.15) is 0 Å². The molecule has 2 rings (SSSR count). The van der Waals surface area contributed by atoms with Crippen molar-refractivity contribution >= 4 is 23.4 Å². The van der Waals surface area contributed by atoms with Crippen LogP contribution in [-0.2, 0) is 5.41 Å². The Hall–Kier alpha value is -1.07. The van der Waals surface area contributed by atoms with E-state index in [4.69, 9.17) is 11.6 Å². The number of hydrogen-bond acceptors (Lipinski definition) is 3. The molecule has 0 spiro atoms. The van der Waals surface area contributed by atoms with Gasteiger partial charge >= 0.3 is 0 Å². The molecule has 102 valence electrons. The maximum Gasteiger partial charge on any atom is 0.177 e. The van der Waals surface area contributed by atoms with Crippen LogP contribution in [0.1, 0.15) is 26.5 Å². The van der Waals surface area contributed by atoms with Gasteiger partial charge in [-0.3, -0.25) is 0 Å². The van der Waals surface area contributed by atoms with E-state index in [1.165, 1.54) is 11.8 Å². The van der Waals surface area contributed by atoms with E-state index in [0.717, 1.165) is 5.56 Å². The molecule has 1 N–H and O–H groups in total. The lowest BCUT2D eigenvalue weighted by Gasteiger charge is -2.20. The smallest absolute Gasteiger partial charge is 0.177 e. The number of hydrogen-bond donors (Lipinski definition) is 1. The second-order valence-electron chi connectivity index (χ2n) is 5.21. The minimum absolute atomic E-state index is 0.342. The molecule has 19 heavy (non-hydrogen) atoms. The Morgan fingerprint density at radius 1 is 1.32 bits per heavy atom. The van der Waals surface area contributed by atoms with Gasteiger partial charge in [0.2, 0.25) is 0 Å². The summed E-state index contributed by atoms with van der Waals surface area (Å²) in [5, 5.41) is 0.859. The van der Waals surface area contributed by atoms with Gasteiger partial charge in [-0.15, -0.1) is 11.8 Å². The lowest BCUT2D eigenvalue weighted by Crippen LogP contribution is -2.18. The third-order valence-electron chi connectivity index (χ3n) is 2.63. The van der Waals surface area contributed by atoms with Crippen molar-refractivity contribution in [1.29, 1.82) is 0 Å². The average Bonchev–Trinajstić information content (AvgIpc) is 2.74. The van der Waals surface area contributed by atoms with E-state index < -0.39 is 0 Å². The zero-order valence-electron chi connectivity index (χ0n) is 11.2. The Bertz CT molecular complexity index is 604. The van der Waals surface area contributed by atoms with Gasteiger partial charge in [-0.1, -0.05) is 32.4 Å². The fraction of sp³-hybridized carbons (Fsp3) is 0.385. The minimum Gasteiger partial charge on any atom is -0.352 e. The van der Waals surface area contributed by atoms with E-state index in [0.29, 0.717) is 21.7 Å². The maximum absolute atomic E-state index is 14.3. The summed E-state index contributed by atoms with van der Waals surface area (Å²) >= 11 is 7.13. The summed E-state index contributed by atoms with van der Waals surface area (Å²) in [5.41, 5.74) is 0.789. The number of H-pyrrole nitrogens is 1. The summed E-state index contributed by atoms with van der Waals surface area (Å²) in [5.74, 6) is 0.143. The Kier molecular flexibility index (Phi) is 3.87. The zero-order chi connectivity index (χ0) is 14.2. The van der Waals surface area contributed by atoms with E-state index in [2.05, 4.69) is 15.0 Å². The molecule has 0 amide bonds. The summed E-state index contributed by atoms with van der Waals surface area (Å²) in [6.07, 6.45) is 3.51. The molecule has 0 aliphatic heterocycles. The molecular weight excluding hydrogens is 285 g/mol. The van der Waals surface area contributed by atoms with Crippen molar-refractivity contribution < 1.29 is 4.39 Å². The predicted octanol–water partition coefficient (Wildman–Crippen LogP) is 4.28. The van der Waals surface area contributed by atoms with Gasteiger partial charge in [-0.05, 0) is 12.3 Å². The second-order valence-corrected chi connectivity index (χ2v) is 6.41. The molecule has 2 heterocycles. The van der Waals surface area contributed by atoms with Crippen LogP contribution in [0.25, 0.3) is 11.4 Å². The first-order valence-corrected chi connectivity index (χ1v) is 7.39. The first-order chi connectivity index (χ1) is 8.82. The molecule has 0 aromatic carbocycles. The van der Waals surface area contributed by atoms with Crippen LogP contribution in [0, 0.1) is 5.82 Å². The first-order valence-electron chi connectivity index (χ1n) is 5.79. The van der Waals surface area contributed by atoms with Gasteiger partial charge < -0.3 is 4.98 Å². The molecule has 0 saturated carbocycles. The molecule has 0 unspecified atom stereocenters. The highest BCUT2D eigenvalue weighted by molar-refractivity contribution is 7.98. The second kappa shape index (κ2) is 5.13. The molecule has 0 fully saturated rings. The lowest BCUT2D eigenvalue weighted by molar-refractivity contribution is 0.481. The van der Waals surface area contributed by atoms with Crippen molar-refractivity contribution in [2.45, 2.75) is 31.2 Å². The van der Waals surface area contributed by atoms with Gasteiger partial charge in [0.05, 0.1) is 5.69 Å². The Morgan fingerprint density at radius 2 is 2.00 bits per heavy atom. The quantitative estimate of drug-likeness (QED) is 0.664. The van der Waals surface area contributed by atoms with Gasteiger partial charge in [-0.25, -0.2) is 14.4 Å². The Balaban J connectivity index is 2.64. The first kappa shape index (κ1) is 14.3. The molecule has 2 aromatic heterocycles. The SMILES string of the molecule is CSc1nc(-c2c[nH]c(Cl)c2)nc(C(C)(C)C)c1F. The molecule has 0 saturated heterocycles. The number of thioether (sulfide) groups is 1. The van der Waals surface area contributed by atoms with Crippen molar-refractivity contribution in [3.8, 4) is 11.4 Å². The number of nitrogens with one attached hydrogen (secondary N) is 1. The maximum atomic E-state index is 14.3. The molecule has 0 radical (unpaired) electrons. The summed E-state index contributed by atoms with van der Waals surface area (Å²) in [4.78, 5) is 11.5. The molecule has 0 aliphatic carbocycles. The third kappa shape index (κ3) is 2.92. The summed E-state index contributed by atoms with van der Waals surface area (Å²) in [7, 11) is 0. The van der Waals surface area contributed by atoms with E-state index in [9.17, 15) is 4.39 Å². The number of halogens is 2. The van der Waals surface area contributed by atoms with Crippen molar-refractivity contribution in [3.05, 3.63) is 28.9 Å². The molecular formula is C13H15ClFN3S. The van der Waals surface area contributed by atoms with Gasteiger partial charge in [0.25, 0.3) is 0 Å². The summed E-state index contributed by atoms with van der Waals surface area (Å²) < 4.78 is 14.3. The molecule has 3 nitrogen and oxygen atoms in total. The monoisotopic (exact) mass is 299 g/mol. The topological polar surface area (TPSA) is 41.6 Å². The molecule has 0 atom stereocenters. The molecule has 6 heteroatoms. The van der Waals surface area contributed by atoms with E-state index >= 15 is 0 Å². The van der Waals surface area contributed by atoms with Crippen LogP contribution in [0.5, 0.6) is 0 Å². The number of rotatable bonds is 2. The highest BCUT2D eigenvalue weighted by Crippen LogP contribution is 2.31. The fourth-order valence-corrected chi connectivity index (χ4v) is 2.31. The fourth-order valence-electron chi connectivity index (χ4n) is 1.68. The largest absolute Gasteiger partial charge is 0.352 e. The Labute approximate surface area is 121 Å². The summed E-state index contributed by atoms with van der Waals surface area (Å²) in [6, 6.07) is 1.73. The van der Waals surface area contributed by atoms with Crippen LogP contribution in [0.4, 0.5) is 4.39 Å². The summed E-state index contributed by atoms with van der Waals surface area (Å²) in [6.45, 7) is 5.78. The molecule has 0 bridgehead atoms. The van der Waals surface area contributed by atoms with Crippen LogP contribution in [0.3, 0.4) is 0 Å². The highest BCUT2D eigenvalue weighted by Gasteiger charge is 2.25. The van der Waals surface area contributed by atoms with E-state index in [-0.39, 0.29) is 11.2 Å². The zero-order valence-corrected chi connectivity index (χ0v) is 12.8. The van der Waals surface area contributed by atoms with Crippen LogP contribution < -0.4 is 0 Å². The van der Waals surface area contributed by atoms with Gasteiger partial charge in [0.15, 0.2) is 11.6 Å². The Morgan fingerprint density at radius 3 is 2.47 bits per heavy atom. The van der Waals surface area contributed by atoms with Crippen LogP contribution in [0.2, 0.25) is 5.15 Å². The van der Waals surface area contributed by atoms with Crippen molar-refractivity contribution in [3.63, 3.8) is 0 Å². The average molecular weight is 300 g/mol. The van der Waals surface area contributed by atoms with Crippen molar-refractivity contribution in [1.82, 2.24) is 15.0 Å². The number of nitrogens with zero attached hydrogens (tertiary/aromatic N) is 2. The van der Waals surface area contributed by atoms with Crippen LogP contribution in [0.15, 0.2) is 17.3 Å². The molecule has 0 aliphatic rings. The highest BCUT2D eigenvalue weighted by atomic mass is 35.5. The van der Waals surface area contributed by atoms with E-state index in [1.807, 2.05) is 20.8 Å². The normalized spacial score (nSPS) is 11.9. The van der Waals surface area contributed by atoms with Gasteiger partial charge in [0, 0.05) is 17.2 Å². The minimum atomic E-state index is -0.383. The van der Waals surface area contributed by atoms with E-state index in [1.54, 1.807) is 18.5 Å². The van der Waals surface area contributed by atoms with Crippen molar-refractivity contribution in [2.24, 2.45) is 0 Å². The standard InChI is InChI=1S/C13H15ClFN3S/c1-13(2,3)10-9(15)12(19-4)18-11(17-10)7-5-8(14)16-6-7/h5-6,16H,1-4H3. The molecule has 2 aromatic rings. The predicted molar refractivity (Wildman–Crippen MR) is 77.3 cm³/mol. The van der Waals surface area contributed by atoms with Gasteiger partial charge in [0.1, 0.15) is 10.2 Å².